The molecule has 0 aromatic carbocycles. The Morgan fingerprint density at radius 1 is 0.720 bits per heavy atom. The van der Waals surface area contributed by atoms with Crippen LogP contribution in [0.15, 0.2) is 0 Å². The van der Waals surface area contributed by atoms with Gasteiger partial charge < -0.3 is 19.3 Å². The molecule has 0 heterocycles. The van der Waals surface area contributed by atoms with E-state index in [1.807, 2.05) is 0 Å². The lowest BCUT2D eigenvalue weighted by Gasteiger charge is -2.32. The van der Waals surface area contributed by atoms with Crippen molar-refractivity contribution in [2.24, 2.45) is 0 Å². The predicted octanol–water partition coefficient (Wildman–Crippen LogP) is 1.78. The van der Waals surface area contributed by atoms with Crippen LogP contribution in [0.1, 0.15) is 70.6 Å². The molecule has 0 aromatic heterocycles. The van der Waals surface area contributed by atoms with Crippen LogP contribution in [0, 0.1) is 0 Å². The fourth-order valence-electron chi connectivity index (χ4n) is 2.87. The number of esters is 3. The maximum Gasteiger partial charge on any atom is 0.339 e. The van der Waals surface area contributed by atoms with Crippen molar-refractivity contribution >= 4 is 17.9 Å². The first-order valence-corrected chi connectivity index (χ1v) is 9.27. The average Bonchev–Trinajstić information content (AvgIpc) is 2.42. The van der Waals surface area contributed by atoms with Gasteiger partial charge in [0.25, 0.3) is 0 Å². The van der Waals surface area contributed by atoms with Gasteiger partial charge in [0.1, 0.15) is 18.3 Å². The zero-order valence-electron chi connectivity index (χ0n) is 14.4. The molecule has 3 aliphatic carbocycles. The molecule has 1 N–H and O–H groups in total. The molecule has 0 aliphatic heterocycles. The summed E-state index contributed by atoms with van der Waals surface area (Å²) in [7, 11) is 0. The van der Waals surface area contributed by atoms with Crippen molar-refractivity contribution < 1.29 is 33.7 Å². The van der Waals surface area contributed by atoms with Gasteiger partial charge >= 0.3 is 17.9 Å². The van der Waals surface area contributed by atoms with E-state index in [1.54, 1.807) is 0 Å². The van der Waals surface area contributed by atoms with Gasteiger partial charge in [0.15, 0.2) is 5.60 Å². The Balaban J connectivity index is 1.58. The summed E-state index contributed by atoms with van der Waals surface area (Å²) >= 11 is 0. The number of hydrogen-bond donors (Lipinski definition) is 1. The SMILES string of the molecule is O=C(CC(O)(CC(=O)OC1CCC1)C(=O)OC1CCC1)OC1CCC1. The van der Waals surface area contributed by atoms with Gasteiger partial charge in [0.05, 0.1) is 12.8 Å². The van der Waals surface area contributed by atoms with Crippen molar-refractivity contribution in [2.75, 3.05) is 0 Å². The second-order valence-electron chi connectivity index (χ2n) is 7.43. The van der Waals surface area contributed by atoms with Crippen molar-refractivity contribution in [3.8, 4) is 0 Å². The number of carbonyl (C=O) groups is 3. The predicted molar refractivity (Wildman–Crippen MR) is 85.4 cm³/mol. The third-order valence-corrected chi connectivity index (χ3v) is 5.28. The van der Waals surface area contributed by atoms with Crippen LogP contribution >= 0.6 is 0 Å². The summed E-state index contributed by atoms with van der Waals surface area (Å²) in [6.07, 6.45) is 5.88. The first-order valence-electron chi connectivity index (χ1n) is 9.27. The topological polar surface area (TPSA) is 99.1 Å². The molecule has 0 atom stereocenters. The van der Waals surface area contributed by atoms with E-state index in [0.29, 0.717) is 0 Å². The molecule has 3 aliphatic rings. The number of aliphatic hydroxyl groups is 1. The highest BCUT2D eigenvalue weighted by Crippen LogP contribution is 2.29. The zero-order valence-corrected chi connectivity index (χ0v) is 14.4. The molecule has 3 fully saturated rings. The van der Waals surface area contributed by atoms with Gasteiger partial charge in [0, 0.05) is 0 Å². The fraction of sp³-hybridized carbons (Fsp3) is 0.833. The highest BCUT2D eigenvalue weighted by Gasteiger charge is 2.45. The summed E-state index contributed by atoms with van der Waals surface area (Å²) in [5, 5.41) is 10.7. The van der Waals surface area contributed by atoms with E-state index < -0.39 is 36.4 Å². The highest BCUT2D eigenvalue weighted by atomic mass is 16.6. The Morgan fingerprint density at radius 3 is 1.40 bits per heavy atom. The first kappa shape index (κ1) is 18.2. The van der Waals surface area contributed by atoms with E-state index in [-0.39, 0.29) is 18.3 Å². The second kappa shape index (κ2) is 7.72. The molecule has 0 spiro atoms. The molecule has 0 saturated heterocycles. The summed E-state index contributed by atoms with van der Waals surface area (Å²) in [5.74, 6) is -2.31. The summed E-state index contributed by atoms with van der Waals surface area (Å²) in [6.45, 7) is 0. The van der Waals surface area contributed by atoms with Crippen LogP contribution in [0.25, 0.3) is 0 Å². The average molecular weight is 354 g/mol. The molecule has 0 aromatic rings. The Morgan fingerprint density at radius 2 is 1.08 bits per heavy atom. The molecule has 0 unspecified atom stereocenters. The number of rotatable bonds is 8. The van der Waals surface area contributed by atoms with Crippen molar-refractivity contribution in [1.82, 2.24) is 0 Å². The third-order valence-electron chi connectivity index (χ3n) is 5.28. The van der Waals surface area contributed by atoms with Crippen LogP contribution in [-0.2, 0) is 28.6 Å². The normalized spacial score (nSPS) is 21.5. The fourth-order valence-corrected chi connectivity index (χ4v) is 2.87. The first-order chi connectivity index (χ1) is 11.9. The summed E-state index contributed by atoms with van der Waals surface area (Å²) in [6, 6.07) is 0. The largest absolute Gasteiger partial charge is 0.462 e. The molecular weight excluding hydrogens is 328 g/mol. The van der Waals surface area contributed by atoms with Crippen molar-refractivity contribution in [3.05, 3.63) is 0 Å². The molecule has 25 heavy (non-hydrogen) atoms. The maximum atomic E-state index is 12.4. The quantitative estimate of drug-likeness (QED) is 0.524. The van der Waals surface area contributed by atoms with Crippen LogP contribution in [0.3, 0.4) is 0 Å². The Labute approximate surface area is 147 Å². The lowest BCUT2D eigenvalue weighted by atomic mass is 9.92. The smallest absolute Gasteiger partial charge is 0.339 e. The van der Waals surface area contributed by atoms with Crippen LogP contribution in [-0.4, -0.2) is 46.9 Å². The van der Waals surface area contributed by atoms with Crippen molar-refractivity contribution in [1.29, 1.82) is 0 Å². The number of hydrogen-bond acceptors (Lipinski definition) is 7. The third kappa shape index (κ3) is 4.71. The van der Waals surface area contributed by atoms with Gasteiger partial charge in [-0.2, -0.15) is 0 Å². The van der Waals surface area contributed by atoms with E-state index in [0.717, 1.165) is 57.8 Å². The van der Waals surface area contributed by atoms with Crippen LogP contribution in [0.5, 0.6) is 0 Å². The molecule has 3 saturated carbocycles. The molecule has 7 heteroatoms. The molecule has 0 amide bonds. The zero-order chi connectivity index (χ0) is 17.9. The van der Waals surface area contributed by atoms with E-state index in [4.69, 9.17) is 14.2 Å². The highest BCUT2D eigenvalue weighted by molar-refractivity contribution is 5.90. The van der Waals surface area contributed by atoms with Gasteiger partial charge in [-0.25, -0.2) is 4.79 Å². The summed E-state index contributed by atoms with van der Waals surface area (Å²) < 4.78 is 15.7. The van der Waals surface area contributed by atoms with E-state index in [9.17, 15) is 19.5 Å². The molecule has 0 radical (unpaired) electrons. The van der Waals surface area contributed by atoms with E-state index in [1.165, 1.54) is 0 Å². The van der Waals surface area contributed by atoms with Gasteiger partial charge in [-0.1, -0.05) is 0 Å². The van der Waals surface area contributed by atoms with Crippen LogP contribution < -0.4 is 0 Å². The van der Waals surface area contributed by atoms with E-state index in [2.05, 4.69) is 0 Å². The lowest BCUT2D eigenvalue weighted by molar-refractivity contribution is -0.187. The maximum absolute atomic E-state index is 12.4. The van der Waals surface area contributed by atoms with Crippen molar-refractivity contribution in [2.45, 2.75) is 94.5 Å². The van der Waals surface area contributed by atoms with E-state index >= 15 is 0 Å². The van der Waals surface area contributed by atoms with Crippen LogP contribution in [0.2, 0.25) is 0 Å². The summed E-state index contributed by atoms with van der Waals surface area (Å²) in [4.78, 5) is 36.5. The van der Waals surface area contributed by atoms with Gasteiger partial charge in [0.2, 0.25) is 0 Å². The Hall–Kier alpha value is -1.63. The van der Waals surface area contributed by atoms with Gasteiger partial charge in [-0.05, 0) is 57.8 Å². The number of carbonyl (C=O) groups excluding carboxylic acids is 3. The molecule has 140 valence electrons. The molecule has 0 bridgehead atoms. The summed E-state index contributed by atoms with van der Waals surface area (Å²) in [5.41, 5.74) is -2.22. The standard InChI is InChI=1S/C18H26O7/c19-15(23-12-4-1-5-12)10-18(22,17(21)25-14-8-3-9-14)11-16(20)24-13-6-2-7-13/h12-14,22H,1-11H2. The minimum absolute atomic E-state index is 0.152. The number of ether oxygens (including phenoxy) is 3. The molecular formula is C18H26O7. The minimum Gasteiger partial charge on any atom is -0.462 e. The minimum atomic E-state index is -2.22. The van der Waals surface area contributed by atoms with Gasteiger partial charge in [-0.15, -0.1) is 0 Å². The molecule has 7 nitrogen and oxygen atoms in total. The lowest BCUT2D eigenvalue weighted by Crippen LogP contribution is -2.47. The Kier molecular flexibility index (Phi) is 5.61. The monoisotopic (exact) mass is 354 g/mol. The Bertz CT molecular complexity index is 488. The van der Waals surface area contributed by atoms with Gasteiger partial charge in [-0.3, -0.25) is 9.59 Å². The van der Waals surface area contributed by atoms with Crippen molar-refractivity contribution in [3.63, 3.8) is 0 Å². The van der Waals surface area contributed by atoms with Crippen LogP contribution in [0.4, 0.5) is 0 Å². The molecule has 3 rings (SSSR count). The second-order valence-corrected chi connectivity index (χ2v) is 7.43.